The number of carbonyl (C=O) groups is 2. The van der Waals surface area contributed by atoms with Gasteiger partial charge in [-0.1, -0.05) is 18.2 Å². The predicted octanol–water partition coefficient (Wildman–Crippen LogP) is 1.35. The number of aromatic nitrogens is 1. The molecule has 1 aliphatic rings. The molecule has 0 radical (unpaired) electrons. The summed E-state index contributed by atoms with van der Waals surface area (Å²) >= 11 is 0. The molecule has 7 nitrogen and oxygen atoms in total. The van der Waals surface area contributed by atoms with Crippen LogP contribution in [-0.2, 0) is 13.1 Å². The van der Waals surface area contributed by atoms with Crippen LogP contribution in [0.25, 0.3) is 0 Å². The highest BCUT2D eigenvalue weighted by molar-refractivity contribution is 5.96. The molecule has 2 heterocycles. The van der Waals surface area contributed by atoms with Crippen LogP contribution in [0.15, 0.2) is 41.2 Å². The van der Waals surface area contributed by atoms with Gasteiger partial charge in [-0.15, -0.1) is 0 Å². The Labute approximate surface area is 150 Å². The van der Waals surface area contributed by atoms with Crippen molar-refractivity contribution in [2.45, 2.75) is 33.0 Å². The molecule has 136 valence electrons. The smallest absolute Gasteiger partial charge is 0.274 e. The number of benzene rings is 1. The second kappa shape index (κ2) is 7.03. The van der Waals surface area contributed by atoms with Gasteiger partial charge in [-0.25, -0.2) is 0 Å². The Bertz CT molecular complexity index is 903. The van der Waals surface area contributed by atoms with Gasteiger partial charge in [0.1, 0.15) is 0 Å². The lowest BCUT2D eigenvalue weighted by Crippen LogP contribution is -2.46. The molecule has 7 heteroatoms. The zero-order valence-corrected chi connectivity index (χ0v) is 14.7. The number of aromatic hydroxyl groups is 1. The van der Waals surface area contributed by atoms with Gasteiger partial charge in [0.15, 0.2) is 11.4 Å². The lowest BCUT2D eigenvalue weighted by Gasteiger charge is -2.34. The van der Waals surface area contributed by atoms with E-state index in [1.54, 1.807) is 33.7 Å². The number of carbonyl (C=O) groups excluding carboxylic acids is 2. The molecule has 1 aromatic heterocycles. The van der Waals surface area contributed by atoms with Crippen molar-refractivity contribution in [1.82, 2.24) is 14.8 Å². The van der Waals surface area contributed by atoms with Crippen LogP contribution >= 0.6 is 0 Å². The van der Waals surface area contributed by atoms with Gasteiger partial charge in [0.05, 0.1) is 6.54 Å². The Morgan fingerprint density at radius 3 is 2.54 bits per heavy atom. The summed E-state index contributed by atoms with van der Waals surface area (Å²) in [5.74, 6) is -1.19. The van der Waals surface area contributed by atoms with Crippen molar-refractivity contribution < 1.29 is 14.7 Å². The minimum absolute atomic E-state index is 0.0126. The summed E-state index contributed by atoms with van der Waals surface area (Å²) in [6.07, 6.45) is 0. The van der Waals surface area contributed by atoms with Gasteiger partial charge in [-0.3, -0.25) is 14.4 Å². The Hall–Kier alpha value is -3.09. The average molecular weight is 355 g/mol. The maximum absolute atomic E-state index is 12.7. The zero-order valence-electron chi connectivity index (χ0n) is 14.7. The molecule has 0 atom stereocenters. The lowest BCUT2D eigenvalue weighted by molar-refractivity contribution is 0.0639. The summed E-state index contributed by atoms with van der Waals surface area (Å²) in [6, 6.07) is 9.96. The molecular formula is C19H21N3O4. The Morgan fingerprint density at radius 2 is 1.88 bits per heavy atom. The second-order valence-electron chi connectivity index (χ2n) is 6.49. The second-order valence-corrected chi connectivity index (χ2v) is 6.49. The maximum atomic E-state index is 12.7. The van der Waals surface area contributed by atoms with Gasteiger partial charge in [0.2, 0.25) is 5.43 Å². The molecule has 3 rings (SSSR count). The molecule has 26 heavy (non-hydrogen) atoms. The van der Waals surface area contributed by atoms with Crippen LogP contribution in [0, 0.1) is 0 Å². The van der Waals surface area contributed by atoms with Crippen molar-refractivity contribution in [1.29, 1.82) is 0 Å². The van der Waals surface area contributed by atoms with E-state index >= 15 is 0 Å². The third-order valence-corrected chi connectivity index (χ3v) is 4.49. The van der Waals surface area contributed by atoms with E-state index in [4.69, 9.17) is 0 Å². The van der Waals surface area contributed by atoms with E-state index in [-0.39, 0.29) is 30.1 Å². The number of rotatable bonds is 4. The molecule has 2 aromatic rings. The average Bonchev–Trinajstić information content (AvgIpc) is 2.63. The third-order valence-electron chi connectivity index (χ3n) is 4.49. The molecular weight excluding hydrogens is 334 g/mol. The van der Waals surface area contributed by atoms with E-state index in [1.807, 2.05) is 19.9 Å². The van der Waals surface area contributed by atoms with Crippen molar-refractivity contribution in [3.63, 3.8) is 0 Å². The van der Waals surface area contributed by atoms with Gasteiger partial charge in [-0.05, 0) is 26.0 Å². The van der Waals surface area contributed by atoms with Crippen LogP contribution in [0.4, 0.5) is 0 Å². The summed E-state index contributed by atoms with van der Waals surface area (Å²) in [5, 5.41) is 12.9. The summed E-state index contributed by atoms with van der Waals surface area (Å²) < 4.78 is 1.61. The van der Waals surface area contributed by atoms with Crippen molar-refractivity contribution in [2.75, 3.05) is 6.54 Å². The highest BCUT2D eigenvalue weighted by atomic mass is 16.3. The summed E-state index contributed by atoms with van der Waals surface area (Å²) in [5.41, 5.74) is 0.360. The highest BCUT2D eigenvalue weighted by Crippen LogP contribution is 2.22. The van der Waals surface area contributed by atoms with Gasteiger partial charge in [0.25, 0.3) is 11.8 Å². The van der Waals surface area contributed by atoms with E-state index in [1.165, 1.54) is 6.07 Å². The monoisotopic (exact) mass is 355 g/mol. The van der Waals surface area contributed by atoms with Crippen LogP contribution in [0.3, 0.4) is 0 Å². The molecule has 2 amide bonds. The third kappa shape index (κ3) is 3.20. The van der Waals surface area contributed by atoms with E-state index in [9.17, 15) is 19.5 Å². The molecule has 1 aliphatic heterocycles. The minimum atomic E-state index is -0.626. The molecule has 2 N–H and O–H groups in total. The molecule has 0 saturated heterocycles. The van der Waals surface area contributed by atoms with E-state index in [0.717, 1.165) is 0 Å². The topological polar surface area (TPSA) is 91.6 Å². The fourth-order valence-corrected chi connectivity index (χ4v) is 3.10. The molecule has 0 aliphatic carbocycles. The Morgan fingerprint density at radius 1 is 1.19 bits per heavy atom. The number of nitrogens with one attached hydrogen (secondary N) is 1. The van der Waals surface area contributed by atoms with Crippen molar-refractivity contribution in [3.05, 3.63) is 63.6 Å². The maximum Gasteiger partial charge on any atom is 0.274 e. The summed E-state index contributed by atoms with van der Waals surface area (Å²) in [4.78, 5) is 38.6. The number of hydrogen-bond donors (Lipinski definition) is 2. The van der Waals surface area contributed by atoms with E-state index in [0.29, 0.717) is 24.3 Å². The van der Waals surface area contributed by atoms with Crippen LogP contribution in [0.2, 0.25) is 0 Å². The predicted molar refractivity (Wildman–Crippen MR) is 96.2 cm³/mol. The molecule has 0 saturated carbocycles. The largest absolute Gasteiger partial charge is 0.503 e. The van der Waals surface area contributed by atoms with Gasteiger partial charge >= 0.3 is 0 Å². The summed E-state index contributed by atoms with van der Waals surface area (Å²) in [7, 11) is 0. The first-order valence-corrected chi connectivity index (χ1v) is 8.50. The van der Waals surface area contributed by atoms with E-state index < -0.39 is 11.2 Å². The first-order valence-electron chi connectivity index (χ1n) is 8.50. The quantitative estimate of drug-likeness (QED) is 0.866. The SMILES string of the molecule is CC(C)N1CCn2c(CNC(=O)c3ccccc3)cc(=O)c(O)c2C1=O. The number of hydrogen-bond acceptors (Lipinski definition) is 4. The number of nitrogens with zero attached hydrogens (tertiary/aromatic N) is 2. The first-order chi connectivity index (χ1) is 12.4. The van der Waals surface area contributed by atoms with Crippen molar-refractivity contribution in [2.24, 2.45) is 0 Å². The Kier molecular flexibility index (Phi) is 4.79. The van der Waals surface area contributed by atoms with Gasteiger partial charge in [-0.2, -0.15) is 0 Å². The van der Waals surface area contributed by atoms with Crippen molar-refractivity contribution in [3.8, 4) is 5.75 Å². The van der Waals surface area contributed by atoms with Crippen LogP contribution in [0.1, 0.15) is 40.4 Å². The molecule has 0 spiro atoms. The van der Waals surface area contributed by atoms with E-state index in [2.05, 4.69) is 5.32 Å². The zero-order chi connectivity index (χ0) is 18.8. The van der Waals surface area contributed by atoms with Crippen molar-refractivity contribution >= 4 is 11.8 Å². The fourth-order valence-electron chi connectivity index (χ4n) is 3.10. The van der Waals surface area contributed by atoms with Crippen LogP contribution in [-0.4, -0.2) is 39.0 Å². The molecule has 0 unspecified atom stereocenters. The molecule has 1 aromatic carbocycles. The number of fused-ring (bicyclic) bond motifs is 1. The fraction of sp³-hybridized carbons (Fsp3) is 0.316. The van der Waals surface area contributed by atoms with Crippen LogP contribution < -0.4 is 10.7 Å². The molecule has 0 fully saturated rings. The number of amides is 2. The minimum Gasteiger partial charge on any atom is -0.503 e. The first kappa shape index (κ1) is 17.7. The van der Waals surface area contributed by atoms with Crippen LogP contribution in [0.5, 0.6) is 5.75 Å². The highest BCUT2D eigenvalue weighted by Gasteiger charge is 2.31. The summed E-state index contributed by atoms with van der Waals surface area (Å²) in [6.45, 7) is 4.78. The van der Waals surface area contributed by atoms with Gasteiger partial charge < -0.3 is 19.9 Å². The number of pyridine rings is 1. The molecule has 0 bridgehead atoms. The lowest BCUT2D eigenvalue weighted by atomic mass is 10.1. The Balaban J connectivity index is 1.90. The normalized spacial score (nSPS) is 13.7. The van der Waals surface area contributed by atoms with Gasteiger partial charge in [0, 0.05) is 36.5 Å². The standard InChI is InChI=1S/C19H21N3O4/c1-12(2)21-8-9-22-14(10-15(23)17(24)16(22)19(21)26)11-20-18(25)13-6-4-3-5-7-13/h3-7,10,12,24H,8-9,11H2,1-2H3,(H,20,25).